The summed E-state index contributed by atoms with van der Waals surface area (Å²) in [7, 11) is 0. The highest BCUT2D eigenvalue weighted by Gasteiger charge is 2.19. The van der Waals surface area contributed by atoms with Gasteiger partial charge in [0.1, 0.15) is 5.82 Å². The largest absolute Gasteiger partial charge is 0.321 e. The number of benzene rings is 1. The molecule has 2 N–H and O–H groups in total. The van der Waals surface area contributed by atoms with Crippen LogP contribution in [0.1, 0.15) is 22.8 Å². The Bertz CT molecular complexity index is 377. The van der Waals surface area contributed by atoms with Crippen molar-refractivity contribution in [1.29, 1.82) is 0 Å². The van der Waals surface area contributed by atoms with E-state index in [0.717, 1.165) is 0 Å². The zero-order valence-electron chi connectivity index (χ0n) is 7.97. The maximum absolute atomic E-state index is 13.3. The normalized spacial score (nSPS) is 12.6. The van der Waals surface area contributed by atoms with Crippen LogP contribution < -0.4 is 5.73 Å². The van der Waals surface area contributed by atoms with Crippen molar-refractivity contribution in [1.82, 2.24) is 0 Å². The highest BCUT2D eigenvalue weighted by molar-refractivity contribution is 9.10. The Kier molecular flexibility index (Phi) is 3.39. The predicted octanol–water partition coefficient (Wildman–Crippen LogP) is 2.43. The van der Waals surface area contributed by atoms with Crippen LogP contribution in [0.3, 0.4) is 0 Å². The first-order valence-electron chi connectivity index (χ1n) is 4.19. The van der Waals surface area contributed by atoms with Crippen LogP contribution in [0.5, 0.6) is 0 Å². The summed E-state index contributed by atoms with van der Waals surface area (Å²) < 4.78 is 14.1. The molecule has 0 aromatic heterocycles. The summed E-state index contributed by atoms with van der Waals surface area (Å²) in [5, 5.41) is 0. The van der Waals surface area contributed by atoms with E-state index >= 15 is 0 Å². The van der Waals surface area contributed by atoms with E-state index in [2.05, 4.69) is 15.9 Å². The smallest absolute Gasteiger partial charge is 0.182 e. The molecular formula is C10H11BrFNO. The number of rotatable bonds is 2. The SMILES string of the molecule is Cc1c(Br)ccc(F)c1C(=O)C(C)N. The first-order valence-corrected chi connectivity index (χ1v) is 4.99. The Morgan fingerprint density at radius 2 is 2.14 bits per heavy atom. The van der Waals surface area contributed by atoms with Gasteiger partial charge in [-0.2, -0.15) is 0 Å². The maximum Gasteiger partial charge on any atom is 0.182 e. The predicted molar refractivity (Wildman–Crippen MR) is 56.8 cm³/mol. The molecule has 1 aromatic carbocycles. The minimum atomic E-state index is -0.683. The van der Waals surface area contributed by atoms with Gasteiger partial charge in [-0.25, -0.2) is 4.39 Å². The van der Waals surface area contributed by atoms with Crippen LogP contribution in [0.15, 0.2) is 16.6 Å². The molecule has 0 spiro atoms. The molecule has 4 heteroatoms. The van der Waals surface area contributed by atoms with Gasteiger partial charge >= 0.3 is 0 Å². The van der Waals surface area contributed by atoms with Crippen molar-refractivity contribution in [3.63, 3.8) is 0 Å². The summed E-state index contributed by atoms with van der Waals surface area (Å²) in [6.45, 7) is 3.23. The summed E-state index contributed by atoms with van der Waals surface area (Å²) in [5.41, 5.74) is 6.09. The first-order chi connectivity index (χ1) is 6.45. The van der Waals surface area contributed by atoms with Gasteiger partial charge in [-0.05, 0) is 31.5 Å². The van der Waals surface area contributed by atoms with Crippen molar-refractivity contribution < 1.29 is 9.18 Å². The second kappa shape index (κ2) is 4.19. The van der Waals surface area contributed by atoms with Gasteiger partial charge < -0.3 is 5.73 Å². The second-order valence-corrected chi connectivity index (χ2v) is 4.04. The molecule has 0 aliphatic rings. The summed E-state index contributed by atoms with van der Waals surface area (Å²) in [5.74, 6) is -0.894. The van der Waals surface area contributed by atoms with Crippen molar-refractivity contribution in [3.8, 4) is 0 Å². The molecule has 1 rings (SSSR count). The first kappa shape index (κ1) is 11.3. The monoisotopic (exact) mass is 259 g/mol. The minimum absolute atomic E-state index is 0.0781. The van der Waals surface area contributed by atoms with Crippen LogP contribution in [-0.4, -0.2) is 11.8 Å². The molecule has 0 fully saturated rings. The van der Waals surface area contributed by atoms with E-state index in [1.807, 2.05) is 0 Å². The van der Waals surface area contributed by atoms with Crippen molar-refractivity contribution in [3.05, 3.63) is 33.5 Å². The molecule has 0 saturated heterocycles. The van der Waals surface area contributed by atoms with Gasteiger partial charge in [0, 0.05) is 4.47 Å². The summed E-state index contributed by atoms with van der Waals surface area (Å²) >= 11 is 3.24. The van der Waals surface area contributed by atoms with E-state index in [-0.39, 0.29) is 11.3 Å². The van der Waals surface area contributed by atoms with E-state index in [4.69, 9.17) is 5.73 Å². The third kappa shape index (κ3) is 2.01. The van der Waals surface area contributed by atoms with Crippen LogP contribution in [0.25, 0.3) is 0 Å². The lowest BCUT2D eigenvalue weighted by Gasteiger charge is -2.10. The molecule has 0 heterocycles. The van der Waals surface area contributed by atoms with Gasteiger partial charge in [-0.1, -0.05) is 15.9 Å². The molecule has 0 aliphatic carbocycles. The van der Waals surface area contributed by atoms with Crippen LogP contribution in [-0.2, 0) is 0 Å². The average molecular weight is 260 g/mol. The van der Waals surface area contributed by atoms with E-state index in [1.165, 1.54) is 6.07 Å². The molecule has 0 amide bonds. The number of nitrogens with two attached hydrogens (primary N) is 1. The highest BCUT2D eigenvalue weighted by Crippen LogP contribution is 2.23. The molecule has 1 aromatic rings. The fraction of sp³-hybridized carbons (Fsp3) is 0.300. The van der Waals surface area contributed by atoms with Crippen LogP contribution >= 0.6 is 15.9 Å². The van der Waals surface area contributed by atoms with Crippen molar-refractivity contribution in [2.75, 3.05) is 0 Å². The summed E-state index contributed by atoms with van der Waals surface area (Å²) in [6, 6.07) is 2.15. The molecular weight excluding hydrogens is 249 g/mol. The molecule has 2 nitrogen and oxygen atoms in total. The summed E-state index contributed by atoms with van der Waals surface area (Å²) in [4.78, 5) is 11.6. The van der Waals surface area contributed by atoms with Gasteiger partial charge in [0.2, 0.25) is 0 Å². The number of hydrogen-bond acceptors (Lipinski definition) is 2. The number of carbonyl (C=O) groups is 1. The zero-order chi connectivity index (χ0) is 10.9. The Morgan fingerprint density at radius 1 is 1.57 bits per heavy atom. The average Bonchev–Trinajstić information content (AvgIpc) is 2.12. The molecule has 76 valence electrons. The van der Waals surface area contributed by atoms with E-state index < -0.39 is 11.9 Å². The van der Waals surface area contributed by atoms with Crippen LogP contribution in [0, 0.1) is 12.7 Å². The Morgan fingerprint density at radius 3 is 2.64 bits per heavy atom. The van der Waals surface area contributed by atoms with Gasteiger partial charge in [0.15, 0.2) is 5.78 Å². The molecule has 0 saturated carbocycles. The third-order valence-electron chi connectivity index (χ3n) is 2.01. The van der Waals surface area contributed by atoms with Gasteiger partial charge in [-0.3, -0.25) is 4.79 Å². The quantitative estimate of drug-likeness (QED) is 0.830. The van der Waals surface area contributed by atoms with E-state index in [9.17, 15) is 9.18 Å². The van der Waals surface area contributed by atoms with Crippen LogP contribution in [0.4, 0.5) is 4.39 Å². The molecule has 0 bridgehead atoms. The molecule has 1 unspecified atom stereocenters. The Labute approximate surface area is 90.4 Å². The number of carbonyl (C=O) groups excluding carboxylic acids is 1. The molecule has 1 atom stereocenters. The minimum Gasteiger partial charge on any atom is -0.321 e. The Balaban J connectivity index is 3.33. The number of Topliss-reactive ketones (excluding diaryl/α,β-unsaturated/α-hetero) is 1. The molecule has 14 heavy (non-hydrogen) atoms. The van der Waals surface area contributed by atoms with E-state index in [1.54, 1.807) is 19.9 Å². The summed E-state index contributed by atoms with van der Waals surface area (Å²) in [6.07, 6.45) is 0. The molecule has 0 aliphatic heterocycles. The third-order valence-corrected chi connectivity index (χ3v) is 2.87. The lowest BCUT2D eigenvalue weighted by Crippen LogP contribution is -2.28. The topological polar surface area (TPSA) is 43.1 Å². The lowest BCUT2D eigenvalue weighted by atomic mass is 10.0. The van der Waals surface area contributed by atoms with Gasteiger partial charge in [0.25, 0.3) is 0 Å². The number of halogens is 2. The number of hydrogen-bond donors (Lipinski definition) is 1. The zero-order valence-corrected chi connectivity index (χ0v) is 9.56. The fourth-order valence-corrected chi connectivity index (χ4v) is 1.51. The second-order valence-electron chi connectivity index (χ2n) is 3.18. The van der Waals surface area contributed by atoms with Gasteiger partial charge in [0.05, 0.1) is 11.6 Å². The standard InChI is InChI=1S/C10H11BrFNO/c1-5-7(11)3-4-8(12)9(5)10(14)6(2)13/h3-4,6H,13H2,1-2H3. The maximum atomic E-state index is 13.3. The fourth-order valence-electron chi connectivity index (χ4n) is 1.18. The van der Waals surface area contributed by atoms with E-state index in [0.29, 0.717) is 10.0 Å². The highest BCUT2D eigenvalue weighted by atomic mass is 79.9. The molecule has 0 radical (unpaired) electrons. The van der Waals surface area contributed by atoms with Crippen molar-refractivity contribution in [2.24, 2.45) is 5.73 Å². The van der Waals surface area contributed by atoms with Gasteiger partial charge in [-0.15, -0.1) is 0 Å². The van der Waals surface area contributed by atoms with Crippen LogP contribution in [0.2, 0.25) is 0 Å². The lowest BCUT2D eigenvalue weighted by molar-refractivity contribution is 0.0963. The van der Waals surface area contributed by atoms with Crippen molar-refractivity contribution in [2.45, 2.75) is 19.9 Å². The van der Waals surface area contributed by atoms with Crippen molar-refractivity contribution >= 4 is 21.7 Å². The Hall–Kier alpha value is -0.740. The number of ketones is 1.